The Morgan fingerprint density at radius 2 is 0.750 bits per heavy atom. The smallest absolute Gasteiger partial charge is 0.204 e. The van der Waals surface area contributed by atoms with Gasteiger partial charge in [0.25, 0.3) is 0 Å². The molecule has 0 aliphatic heterocycles. The van der Waals surface area contributed by atoms with E-state index in [0.717, 1.165) is 38.5 Å². The number of ketones is 2. The molecule has 2 N–H and O–H groups in total. The third kappa shape index (κ3) is 22.7. The van der Waals surface area contributed by atoms with Crippen molar-refractivity contribution in [3.63, 3.8) is 0 Å². The molecular weight excluding hydrogens is 496 g/mol. The van der Waals surface area contributed by atoms with Gasteiger partial charge in [0.1, 0.15) is 0 Å². The largest absolute Gasteiger partial charge is 0.392 e. The molecule has 0 bridgehead atoms. The first-order valence-electron chi connectivity index (χ1n) is 17.6. The summed E-state index contributed by atoms with van der Waals surface area (Å²) in [6, 6.07) is 0. The lowest BCUT2D eigenvalue weighted by molar-refractivity contribution is -0.155. The highest BCUT2D eigenvalue weighted by Crippen LogP contribution is 2.19. The van der Waals surface area contributed by atoms with Gasteiger partial charge in [0.15, 0.2) is 11.6 Å². The summed E-state index contributed by atoms with van der Waals surface area (Å²) in [5.74, 6) is -1.01. The molecule has 236 valence electrons. The van der Waals surface area contributed by atoms with E-state index in [4.69, 9.17) is 0 Å². The molecule has 0 radical (unpaired) electrons. The van der Waals surface area contributed by atoms with Crippen LogP contribution in [0, 0.1) is 0 Å². The zero-order valence-electron chi connectivity index (χ0n) is 26.9. The third-order valence-corrected chi connectivity index (χ3v) is 8.32. The van der Waals surface area contributed by atoms with Gasteiger partial charge in [-0.25, -0.2) is 0 Å². The van der Waals surface area contributed by atoms with Crippen LogP contribution in [0.25, 0.3) is 0 Å². The van der Waals surface area contributed by atoms with Gasteiger partial charge in [-0.1, -0.05) is 154 Å². The lowest BCUT2D eigenvalue weighted by atomic mass is 9.88. The topological polar surface area (TPSA) is 74.6 Å². The highest BCUT2D eigenvalue weighted by molar-refractivity contribution is 6.10. The van der Waals surface area contributed by atoms with Crippen molar-refractivity contribution in [2.75, 3.05) is 6.61 Å². The molecule has 0 spiro atoms. The second-order valence-corrected chi connectivity index (χ2v) is 12.2. The van der Waals surface area contributed by atoms with Gasteiger partial charge < -0.3 is 10.2 Å². The summed E-state index contributed by atoms with van der Waals surface area (Å²) >= 11 is 0. The van der Waals surface area contributed by atoms with Crippen molar-refractivity contribution in [3.05, 3.63) is 12.2 Å². The van der Waals surface area contributed by atoms with Gasteiger partial charge in [0, 0.05) is 12.8 Å². The summed E-state index contributed by atoms with van der Waals surface area (Å²) in [5, 5.41) is 20.3. The molecule has 1 atom stereocenters. The minimum absolute atomic E-state index is 0.166. The van der Waals surface area contributed by atoms with Crippen LogP contribution < -0.4 is 0 Å². The van der Waals surface area contributed by atoms with Crippen molar-refractivity contribution in [1.82, 2.24) is 0 Å². The number of Topliss-reactive ketones (excluding diaryl/α,β-unsaturated/α-hetero) is 2. The maximum atomic E-state index is 12.6. The summed E-state index contributed by atoms with van der Waals surface area (Å²) in [5.41, 5.74) is -2.20. The summed E-state index contributed by atoms with van der Waals surface area (Å²) in [6.45, 7) is 3.71. The van der Waals surface area contributed by atoms with Crippen molar-refractivity contribution in [1.29, 1.82) is 0 Å². The maximum absolute atomic E-state index is 12.6. The van der Waals surface area contributed by atoms with Crippen molar-refractivity contribution in [3.8, 4) is 0 Å². The van der Waals surface area contributed by atoms with Gasteiger partial charge >= 0.3 is 0 Å². The van der Waals surface area contributed by atoms with Gasteiger partial charge in [-0.15, -0.1) is 0 Å². The Labute approximate surface area is 249 Å². The number of unbranched alkanes of at least 4 members (excludes halogenated alkanes) is 23. The Hall–Kier alpha value is -1.00. The van der Waals surface area contributed by atoms with Crippen LogP contribution >= 0.6 is 0 Å². The molecule has 0 aromatic rings. The number of rotatable bonds is 32. The fraction of sp³-hybridized carbons (Fsp3) is 0.889. The van der Waals surface area contributed by atoms with Gasteiger partial charge in [0.05, 0.1) is 6.61 Å². The van der Waals surface area contributed by atoms with Crippen molar-refractivity contribution >= 4 is 11.6 Å². The van der Waals surface area contributed by atoms with Crippen molar-refractivity contribution in [2.45, 2.75) is 199 Å². The second kappa shape index (κ2) is 29.5. The molecule has 0 aromatic carbocycles. The average Bonchev–Trinajstić information content (AvgIpc) is 2.96. The van der Waals surface area contributed by atoms with Crippen LogP contribution in [0.15, 0.2) is 12.2 Å². The van der Waals surface area contributed by atoms with E-state index in [-0.39, 0.29) is 12.8 Å². The molecule has 0 saturated heterocycles. The summed E-state index contributed by atoms with van der Waals surface area (Å²) in [6.07, 6.45) is 36.2. The van der Waals surface area contributed by atoms with Crippen LogP contribution in [0.2, 0.25) is 0 Å². The highest BCUT2D eigenvalue weighted by atomic mass is 16.3. The zero-order chi connectivity index (χ0) is 29.6. The molecule has 4 heteroatoms. The monoisotopic (exact) mass is 565 g/mol. The number of aliphatic hydroxyl groups is 2. The Kier molecular flexibility index (Phi) is 28.8. The van der Waals surface area contributed by atoms with E-state index in [0.29, 0.717) is 12.8 Å². The Balaban J connectivity index is 3.75. The average molecular weight is 565 g/mol. The quantitative estimate of drug-likeness (QED) is 0.0484. The van der Waals surface area contributed by atoms with Crippen LogP contribution in [-0.4, -0.2) is 34.0 Å². The molecule has 0 aromatic heterocycles. The van der Waals surface area contributed by atoms with E-state index < -0.39 is 23.8 Å². The summed E-state index contributed by atoms with van der Waals surface area (Å²) in [4.78, 5) is 25.1. The first kappa shape index (κ1) is 39.0. The van der Waals surface area contributed by atoms with E-state index >= 15 is 0 Å². The molecule has 0 aliphatic rings. The first-order chi connectivity index (χ1) is 19.5. The SMILES string of the molecule is CCCCCCCCC=CCCCCCCCC(=O)C(O)(CO)C(=O)CCCCCCCCCCCCCCC. The third-order valence-electron chi connectivity index (χ3n) is 8.32. The lowest BCUT2D eigenvalue weighted by Gasteiger charge is -2.23. The summed E-state index contributed by atoms with van der Waals surface area (Å²) < 4.78 is 0. The van der Waals surface area contributed by atoms with Crippen LogP contribution in [-0.2, 0) is 9.59 Å². The van der Waals surface area contributed by atoms with E-state index in [9.17, 15) is 19.8 Å². The molecule has 40 heavy (non-hydrogen) atoms. The van der Waals surface area contributed by atoms with Crippen LogP contribution in [0.5, 0.6) is 0 Å². The van der Waals surface area contributed by atoms with Gasteiger partial charge in [-0.3, -0.25) is 9.59 Å². The minimum atomic E-state index is -2.20. The van der Waals surface area contributed by atoms with Gasteiger partial charge in [-0.05, 0) is 38.5 Å². The zero-order valence-corrected chi connectivity index (χ0v) is 26.9. The van der Waals surface area contributed by atoms with Crippen LogP contribution in [0.1, 0.15) is 194 Å². The van der Waals surface area contributed by atoms with Gasteiger partial charge in [0.2, 0.25) is 5.60 Å². The fourth-order valence-electron chi connectivity index (χ4n) is 5.41. The molecule has 1 unspecified atom stereocenters. The Bertz CT molecular complexity index is 600. The number of allylic oxidation sites excluding steroid dienone is 2. The molecule has 0 amide bonds. The number of hydrogen-bond acceptors (Lipinski definition) is 4. The van der Waals surface area contributed by atoms with Crippen LogP contribution in [0.3, 0.4) is 0 Å². The summed E-state index contributed by atoms with van der Waals surface area (Å²) in [7, 11) is 0. The molecule has 0 heterocycles. The van der Waals surface area contributed by atoms with Crippen molar-refractivity contribution < 1.29 is 19.8 Å². The molecule has 0 fully saturated rings. The van der Waals surface area contributed by atoms with E-state index in [1.54, 1.807) is 0 Å². The van der Waals surface area contributed by atoms with E-state index in [1.807, 2.05) is 0 Å². The normalized spacial score (nSPS) is 13.2. The van der Waals surface area contributed by atoms with Crippen molar-refractivity contribution in [2.24, 2.45) is 0 Å². The second-order valence-electron chi connectivity index (χ2n) is 12.2. The van der Waals surface area contributed by atoms with Gasteiger partial charge in [-0.2, -0.15) is 0 Å². The number of carbonyl (C=O) groups is 2. The minimum Gasteiger partial charge on any atom is -0.392 e. The standard InChI is InChI=1S/C36H68O4/c1-3-5-7-9-11-13-15-17-18-20-22-24-26-28-30-32-35(39)36(40,33-37)34(38)31-29-27-25-23-21-19-16-14-12-10-8-6-4-2/h17-18,37,40H,3-16,19-33H2,1-2H3. The number of hydrogen-bond donors (Lipinski definition) is 2. The molecule has 0 saturated carbocycles. The Morgan fingerprint density at radius 1 is 0.475 bits per heavy atom. The fourth-order valence-corrected chi connectivity index (χ4v) is 5.41. The predicted octanol–water partition coefficient (Wildman–Crippen LogP) is 10.4. The predicted molar refractivity (Wildman–Crippen MR) is 172 cm³/mol. The molecular formula is C36H68O4. The maximum Gasteiger partial charge on any atom is 0.204 e. The van der Waals surface area contributed by atoms with E-state index in [2.05, 4.69) is 26.0 Å². The Morgan fingerprint density at radius 3 is 1.05 bits per heavy atom. The molecule has 0 aliphatic carbocycles. The number of carbonyl (C=O) groups excluding carboxylic acids is 2. The highest BCUT2D eigenvalue weighted by Gasteiger charge is 2.41. The molecule has 4 nitrogen and oxygen atoms in total. The van der Waals surface area contributed by atoms with E-state index in [1.165, 1.54) is 116 Å². The van der Waals surface area contributed by atoms with Crippen LogP contribution in [0.4, 0.5) is 0 Å². The molecule has 0 rings (SSSR count). The first-order valence-corrected chi connectivity index (χ1v) is 17.6. The lowest BCUT2D eigenvalue weighted by Crippen LogP contribution is -2.49. The number of aliphatic hydroxyl groups excluding tert-OH is 1.